The molecule has 0 radical (unpaired) electrons. The van der Waals surface area contributed by atoms with Crippen molar-refractivity contribution < 1.29 is 5.11 Å². The van der Waals surface area contributed by atoms with Gasteiger partial charge in [0.15, 0.2) is 0 Å². The summed E-state index contributed by atoms with van der Waals surface area (Å²) in [6.45, 7) is 0. The summed E-state index contributed by atoms with van der Waals surface area (Å²) in [6, 6.07) is 15.0. The zero-order valence-electron chi connectivity index (χ0n) is 11.2. The van der Waals surface area contributed by atoms with Crippen LogP contribution >= 0.6 is 0 Å². The van der Waals surface area contributed by atoms with Crippen molar-refractivity contribution in [3.8, 4) is 17.2 Å². The highest BCUT2D eigenvalue weighted by Gasteiger charge is 2.08. The predicted octanol–water partition coefficient (Wildman–Crippen LogP) is 2.72. The second-order valence-corrected chi connectivity index (χ2v) is 4.80. The average Bonchev–Trinajstić information content (AvgIpc) is 2.54. The van der Waals surface area contributed by atoms with Gasteiger partial charge in [0.2, 0.25) is 0 Å². The maximum absolute atomic E-state index is 9.54. The minimum absolute atomic E-state index is 0.616. The Kier molecular flexibility index (Phi) is 3.36. The quantitative estimate of drug-likeness (QED) is 0.704. The van der Waals surface area contributed by atoms with E-state index in [-0.39, 0.29) is 0 Å². The number of hydrogen-bond donors (Lipinski definition) is 2. The maximum atomic E-state index is 9.54. The van der Waals surface area contributed by atoms with Gasteiger partial charge in [0.25, 0.3) is 0 Å². The summed E-state index contributed by atoms with van der Waals surface area (Å²) in [7, 11) is 0. The van der Waals surface area contributed by atoms with E-state index in [4.69, 9.17) is 11.0 Å². The molecule has 4 nitrogen and oxygen atoms in total. The third-order valence-corrected chi connectivity index (χ3v) is 3.45. The molecule has 102 valence electrons. The molecule has 21 heavy (non-hydrogen) atoms. The van der Waals surface area contributed by atoms with Crippen LogP contribution in [0.2, 0.25) is 0 Å². The highest BCUT2D eigenvalue weighted by Crippen LogP contribution is 2.29. The molecule has 0 fully saturated rings. The van der Waals surface area contributed by atoms with Gasteiger partial charge in [0.05, 0.1) is 11.6 Å². The molecular formula is C17H13N3O. The van der Waals surface area contributed by atoms with Crippen LogP contribution in [0, 0.1) is 11.3 Å². The predicted molar refractivity (Wildman–Crippen MR) is 81.0 cm³/mol. The fourth-order valence-corrected chi connectivity index (χ4v) is 2.32. The highest BCUT2D eigenvalue weighted by atomic mass is 16.3. The van der Waals surface area contributed by atoms with E-state index in [0.29, 0.717) is 11.1 Å². The largest absolute Gasteiger partial charge is 0.375 e. The van der Waals surface area contributed by atoms with E-state index in [1.54, 1.807) is 30.6 Å². The van der Waals surface area contributed by atoms with Gasteiger partial charge in [0.1, 0.15) is 6.23 Å². The normalized spacial score (nSPS) is 12.0. The Morgan fingerprint density at radius 2 is 1.86 bits per heavy atom. The summed E-state index contributed by atoms with van der Waals surface area (Å²) in [6.07, 6.45) is 2.54. The van der Waals surface area contributed by atoms with Gasteiger partial charge < -0.3 is 10.8 Å². The molecule has 1 unspecified atom stereocenters. The number of fused-ring (bicyclic) bond motifs is 1. The highest BCUT2D eigenvalue weighted by molar-refractivity contribution is 5.96. The second-order valence-electron chi connectivity index (χ2n) is 4.80. The molecule has 1 heterocycles. The lowest BCUT2D eigenvalue weighted by atomic mass is 9.98. The van der Waals surface area contributed by atoms with Crippen LogP contribution in [0.3, 0.4) is 0 Å². The van der Waals surface area contributed by atoms with Crippen molar-refractivity contribution in [3.63, 3.8) is 0 Å². The minimum Gasteiger partial charge on any atom is -0.375 e. The van der Waals surface area contributed by atoms with E-state index in [1.807, 2.05) is 24.3 Å². The molecule has 1 atom stereocenters. The van der Waals surface area contributed by atoms with Gasteiger partial charge in [-0.2, -0.15) is 5.26 Å². The van der Waals surface area contributed by atoms with Gasteiger partial charge in [-0.15, -0.1) is 0 Å². The van der Waals surface area contributed by atoms with E-state index in [0.717, 1.165) is 21.9 Å². The summed E-state index contributed by atoms with van der Waals surface area (Å²) in [4.78, 5) is 4.25. The smallest absolute Gasteiger partial charge is 0.128 e. The first-order valence-corrected chi connectivity index (χ1v) is 6.51. The molecule has 0 aliphatic heterocycles. The van der Waals surface area contributed by atoms with Crippen LogP contribution in [0.15, 0.2) is 54.9 Å². The van der Waals surface area contributed by atoms with Crippen molar-refractivity contribution in [2.75, 3.05) is 0 Å². The summed E-state index contributed by atoms with van der Waals surface area (Å²) < 4.78 is 0. The third kappa shape index (κ3) is 2.48. The van der Waals surface area contributed by atoms with Crippen molar-refractivity contribution in [1.82, 2.24) is 4.98 Å². The third-order valence-electron chi connectivity index (χ3n) is 3.45. The lowest BCUT2D eigenvalue weighted by molar-refractivity contribution is 0.186. The summed E-state index contributed by atoms with van der Waals surface area (Å²) >= 11 is 0. The van der Waals surface area contributed by atoms with Crippen molar-refractivity contribution in [1.29, 1.82) is 5.26 Å². The van der Waals surface area contributed by atoms with Gasteiger partial charge in [-0.3, -0.25) is 4.98 Å². The van der Waals surface area contributed by atoms with Crippen LogP contribution in [0.25, 0.3) is 21.9 Å². The minimum atomic E-state index is -1.00. The molecule has 4 heteroatoms. The molecule has 0 aliphatic carbocycles. The number of benzene rings is 2. The number of aliphatic hydroxyl groups excluding tert-OH is 1. The fourth-order valence-electron chi connectivity index (χ4n) is 2.32. The van der Waals surface area contributed by atoms with Gasteiger partial charge in [-0.25, -0.2) is 0 Å². The number of nitriles is 1. The zero-order valence-corrected chi connectivity index (χ0v) is 11.2. The van der Waals surface area contributed by atoms with Crippen LogP contribution in [0.1, 0.15) is 17.4 Å². The molecular weight excluding hydrogens is 262 g/mol. The van der Waals surface area contributed by atoms with Crippen molar-refractivity contribution in [2.45, 2.75) is 6.23 Å². The Morgan fingerprint density at radius 1 is 1.10 bits per heavy atom. The lowest BCUT2D eigenvalue weighted by Crippen LogP contribution is -2.08. The first-order chi connectivity index (χ1) is 10.2. The molecule has 0 saturated heterocycles. The van der Waals surface area contributed by atoms with Gasteiger partial charge >= 0.3 is 0 Å². The fraction of sp³-hybridized carbons (Fsp3) is 0.0588. The van der Waals surface area contributed by atoms with E-state index in [9.17, 15) is 5.11 Å². The van der Waals surface area contributed by atoms with Crippen LogP contribution in [0.4, 0.5) is 0 Å². The monoisotopic (exact) mass is 275 g/mol. The van der Waals surface area contributed by atoms with Crippen LogP contribution in [0.5, 0.6) is 0 Å². The van der Waals surface area contributed by atoms with Crippen molar-refractivity contribution in [3.05, 3.63) is 66.0 Å². The molecule has 3 rings (SSSR count). The van der Waals surface area contributed by atoms with Gasteiger partial charge in [-0.05, 0) is 34.7 Å². The number of rotatable bonds is 2. The molecule has 0 bridgehead atoms. The molecule has 3 aromatic rings. The first kappa shape index (κ1) is 13.3. The van der Waals surface area contributed by atoms with Crippen LogP contribution in [-0.2, 0) is 0 Å². The van der Waals surface area contributed by atoms with E-state index >= 15 is 0 Å². The Morgan fingerprint density at radius 3 is 2.52 bits per heavy atom. The van der Waals surface area contributed by atoms with Crippen molar-refractivity contribution >= 4 is 10.8 Å². The Hall–Kier alpha value is -2.74. The Balaban J connectivity index is 2.21. The summed E-state index contributed by atoms with van der Waals surface area (Å²) in [5, 5.41) is 20.3. The van der Waals surface area contributed by atoms with Gasteiger partial charge in [-0.1, -0.05) is 24.3 Å². The molecule has 0 amide bonds. The summed E-state index contributed by atoms with van der Waals surface area (Å²) in [5.74, 6) is 0. The van der Waals surface area contributed by atoms with E-state index < -0.39 is 6.23 Å². The molecule has 0 saturated carbocycles. The van der Waals surface area contributed by atoms with Crippen molar-refractivity contribution in [2.24, 2.45) is 5.73 Å². The maximum Gasteiger partial charge on any atom is 0.128 e. The Bertz CT molecular complexity index is 833. The summed E-state index contributed by atoms with van der Waals surface area (Å²) in [5.41, 5.74) is 8.72. The van der Waals surface area contributed by atoms with Crippen LogP contribution < -0.4 is 5.73 Å². The molecule has 0 spiro atoms. The van der Waals surface area contributed by atoms with Gasteiger partial charge in [0, 0.05) is 23.3 Å². The first-order valence-electron chi connectivity index (χ1n) is 6.51. The number of nitrogens with zero attached hydrogens (tertiary/aromatic N) is 2. The topological polar surface area (TPSA) is 82.9 Å². The average molecular weight is 275 g/mol. The number of pyridine rings is 1. The van der Waals surface area contributed by atoms with E-state index in [2.05, 4.69) is 11.1 Å². The zero-order chi connectivity index (χ0) is 14.8. The molecule has 2 aromatic carbocycles. The molecule has 1 aromatic heterocycles. The number of nitrogens with two attached hydrogens (primary N) is 1. The standard InChI is InChI=1S/C17H13N3O/c18-8-11-1-3-12(4-2-11)16-10-20-9-14-6-5-13(17(19)21)7-15(14)16/h1-7,9-10,17,21H,19H2. The second kappa shape index (κ2) is 5.33. The SMILES string of the molecule is N#Cc1ccc(-c2cncc3ccc(C(N)O)cc23)cc1. The molecule has 3 N–H and O–H groups in total. The lowest BCUT2D eigenvalue weighted by Gasteiger charge is -2.10. The number of aromatic nitrogens is 1. The van der Waals surface area contributed by atoms with Crippen LogP contribution in [-0.4, -0.2) is 10.1 Å². The molecule has 0 aliphatic rings. The number of hydrogen-bond acceptors (Lipinski definition) is 4. The van der Waals surface area contributed by atoms with E-state index in [1.165, 1.54) is 0 Å². The Labute approximate surface area is 122 Å². The number of aliphatic hydroxyl groups is 1.